The molecule has 4 rings (SSSR count). The van der Waals surface area contributed by atoms with Crippen molar-refractivity contribution in [2.45, 2.75) is 25.0 Å². The highest BCUT2D eigenvalue weighted by Crippen LogP contribution is 2.28. The zero-order valence-corrected chi connectivity index (χ0v) is 21.3. The molecule has 0 aromatic heterocycles. The molecule has 0 aliphatic rings. The molecule has 4 aromatic carbocycles. The van der Waals surface area contributed by atoms with Crippen LogP contribution in [-0.2, 0) is 19.1 Å². The number of benzene rings is 4. The monoisotopic (exact) mass is 532 g/mol. The fourth-order valence-corrected chi connectivity index (χ4v) is 3.65. The van der Waals surface area contributed by atoms with Gasteiger partial charge in [0, 0.05) is 11.1 Å². The number of nitriles is 2. The first-order chi connectivity index (χ1) is 19.5. The van der Waals surface area contributed by atoms with Crippen molar-refractivity contribution in [1.29, 1.82) is 10.5 Å². The van der Waals surface area contributed by atoms with Gasteiger partial charge in [-0.15, -0.1) is 0 Å². The Kier molecular flexibility index (Phi) is 9.47. The number of para-hydroxylation sites is 2. The lowest BCUT2D eigenvalue weighted by molar-refractivity contribution is -0.153. The number of ether oxygens (including phenoxy) is 4. The Labute approximate surface area is 231 Å². The maximum absolute atomic E-state index is 12.4. The molecule has 0 radical (unpaired) electrons. The Bertz CT molecular complexity index is 1410. The van der Waals surface area contributed by atoms with Crippen molar-refractivity contribution in [3.8, 4) is 35.1 Å². The topological polar surface area (TPSA) is 119 Å². The minimum absolute atomic E-state index is 0.327. The molecule has 0 N–H and O–H groups in total. The minimum atomic E-state index is -1.19. The van der Waals surface area contributed by atoms with Gasteiger partial charge in [-0.05, 0) is 48.5 Å². The Morgan fingerprint density at radius 1 is 0.550 bits per heavy atom. The summed E-state index contributed by atoms with van der Waals surface area (Å²) in [6.07, 6.45) is -3.04. The van der Waals surface area contributed by atoms with E-state index in [-0.39, 0.29) is 12.8 Å². The zero-order valence-electron chi connectivity index (χ0n) is 21.3. The van der Waals surface area contributed by atoms with E-state index in [1.54, 1.807) is 72.8 Å². The molecule has 2 atom stereocenters. The second-order valence-electron chi connectivity index (χ2n) is 8.47. The predicted molar refractivity (Wildman–Crippen MR) is 144 cm³/mol. The average Bonchev–Trinajstić information content (AvgIpc) is 2.99. The van der Waals surface area contributed by atoms with Crippen LogP contribution in [0.5, 0.6) is 23.0 Å². The number of esters is 2. The molecule has 0 aliphatic heterocycles. The third kappa shape index (κ3) is 7.95. The van der Waals surface area contributed by atoms with Crippen LogP contribution in [0.1, 0.15) is 36.2 Å². The van der Waals surface area contributed by atoms with E-state index in [9.17, 15) is 20.1 Å². The Morgan fingerprint density at radius 3 is 1.30 bits per heavy atom. The normalized spacial score (nSPS) is 11.7. The van der Waals surface area contributed by atoms with Gasteiger partial charge >= 0.3 is 11.9 Å². The number of carbonyl (C=O) groups excluding carboxylic acids is 2. The van der Waals surface area contributed by atoms with Gasteiger partial charge in [0.15, 0.2) is 0 Å². The van der Waals surface area contributed by atoms with Gasteiger partial charge in [-0.3, -0.25) is 9.59 Å². The van der Waals surface area contributed by atoms with E-state index in [0.29, 0.717) is 34.1 Å². The highest BCUT2D eigenvalue weighted by atomic mass is 16.6. The van der Waals surface area contributed by atoms with Crippen molar-refractivity contribution in [1.82, 2.24) is 0 Å². The third-order valence-electron chi connectivity index (χ3n) is 5.55. The maximum atomic E-state index is 12.4. The Hall–Kier alpha value is -5.60. The van der Waals surface area contributed by atoms with Crippen molar-refractivity contribution < 1.29 is 28.5 Å². The Balaban J connectivity index is 1.30. The van der Waals surface area contributed by atoms with Crippen molar-refractivity contribution >= 4 is 11.9 Å². The van der Waals surface area contributed by atoms with Crippen molar-refractivity contribution in [3.05, 3.63) is 120 Å². The molecule has 0 saturated heterocycles. The molecule has 0 unspecified atom stereocenters. The van der Waals surface area contributed by atoms with Gasteiger partial charge in [0.05, 0.1) is 12.8 Å². The third-order valence-corrected chi connectivity index (χ3v) is 5.55. The summed E-state index contributed by atoms with van der Waals surface area (Å²) in [5, 5.41) is 19.1. The molecule has 8 nitrogen and oxygen atoms in total. The minimum Gasteiger partial charge on any atom is -0.457 e. The quantitative estimate of drug-likeness (QED) is 0.190. The number of carbonyl (C=O) groups is 2. The second kappa shape index (κ2) is 13.8. The van der Waals surface area contributed by atoms with Gasteiger partial charge in [0.2, 0.25) is 12.2 Å². The standard InChI is InChI=1S/C32H24N2O6/c33-21-29(23-9-7-15-27(19-23)37-25-11-3-1-4-12-25)39-31(35)17-18-32(36)40-30(22-34)24-10-8-16-28(20-24)38-26-13-5-2-6-14-26/h1-16,19-20,29-30H,17-18H2/t29-,30-/m0/s1. The van der Waals surface area contributed by atoms with E-state index in [1.807, 2.05) is 48.5 Å². The van der Waals surface area contributed by atoms with Crippen molar-refractivity contribution in [3.63, 3.8) is 0 Å². The highest BCUT2D eigenvalue weighted by molar-refractivity contribution is 5.78. The summed E-state index contributed by atoms with van der Waals surface area (Å²) in [7, 11) is 0. The van der Waals surface area contributed by atoms with Crippen molar-refractivity contribution in [2.24, 2.45) is 0 Å². The van der Waals surface area contributed by atoms with E-state index < -0.39 is 24.1 Å². The lowest BCUT2D eigenvalue weighted by Gasteiger charge is -2.14. The summed E-state index contributed by atoms with van der Waals surface area (Å²) in [4.78, 5) is 24.8. The summed E-state index contributed by atoms with van der Waals surface area (Å²) in [6, 6.07) is 35.4. The molecule has 198 valence electrons. The van der Waals surface area contributed by atoms with E-state index in [4.69, 9.17) is 18.9 Å². The average molecular weight is 533 g/mol. The fourth-order valence-electron chi connectivity index (χ4n) is 3.65. The molecule has 0 aliphatic carbocycles. The molecule has 0 amide bonds. The van der Waals surface area contributed by atoms with Crippen molar-refractivity contribution in [2.75, 3.05) is 0 Å². The number of nitrogens with zero attached hydrogens (tertiary/aromatic N) is 2. The number of hydrogen-bond donors (Lipinski definition) is 0. The van der Waals surface area contributed by atoms with Crippen LogP contribution in [0.4, 0.5) is 0 Å². The SMILES string of the molecule is N#C[C@H](OC(=O)CCC(=O)O[C@@H](C#N)c1cccc(Oc2ccccc2)c1)c1cccc(Oc2ccccc2)c1. The predicted octanol–water partition coefficient (Wildman–Crippen LogP) is 6.97. The van der Waals surface area contributed by atoms with E-state index in [2.05, 4.69) is 0 Å². The smallest absolute Gasteiger partial charge is 0.308 e. The second-order valence-corrected chi connectivity index (χ2v) is 8.47. The van der Waals surface area contributed by atoms with Gasteiger partial charge in [0.25, 0.3) is 0 Å². The van der Waals surface area contributed by atoms with Crippen LogP contribution in [0, 0.1) is 22.7 Å². The van der Waals surface area contributed by atoms with Crippen LogP contribution in [0.3, 0.4) is 0 Å². The van der Waals surface area contributed by atoms with Crippen LogP contribution >= 0.6 is 0 Å². The first-order valence-electron chi connectivity index (χ1n) is 12.4. The molecular weight excluding hydrogens is 508 g/mol. The van der Waals surface area contributed by atoms with Gasteiger partial charge < -0.3 is 18.9 Å². The van der Waals surface area contributed by atoms with Crippen LogP contribution in [0.25, 0.3) is 0 Å². The molecule has 0 bridgehead atoms. The number of rotatable bonds is 11. The molecule has 8 heteroatoms. The molecule has 0 saturated carbocycles. The molecule has 40 heavy (non-hydrogen) atoms. The fraction of sp³-hybridized carbons (Fsp3) is 0.125. The Morgan fingerprint density at radius 2 is 0.925 bits per heavy atom. The summed E-state index contributed by atoms with van der Waals surface area (Å²) in [5.74, 6) is 0.674. The molecular formula is C32H24N2O6. The van der Waals surface area contributed by atoms with Crippen LogP contribution in [0.15, 0.2) is 109 Å². The van der Waals surface area contributed by atoms with Gasteiger partial charge in [-0.25, -0.2) is 0 Å². The molecule has 0 spiro atoms. The zero-order chi connectivity index (χ0) is 28.2. The lowest BCUT2D eigenvalue weighted by atomic mass is 10.1. The molecule has 0 fully saturated rings. The maximum Gasteiger partial charge on any atom is 0.308 e. The molecule has 0 heterocycles. The number of hydrogen-bond acceptors (Lipinski definition) is 8. The van der Waals surface area contributed by atoms with E-state index in [1.165, 1.54) is 0 Å². The van der Waals surface area contributed by atoms with Crippen LogP contribution < -0.4 is 9.47 Å². The van der Waals surface area contributed by atoms with Crippen LogP contribution in [-0.4, -0.2) is 11.9 Å². The summed E-state index contributed by atoms with van der Waals surface area (Å²) >= 11 is 0. The summed E-state index contributed by atoms with van der Waals surface area (Å²) in [6.45, 7) is 0. The lowest BCUT2D eigenvalue weighted by Crippen LogP contribution is -2.14. The molecule has 4 aromatic rings. The summed E-state index contributed by atoms with van der Waals surface area (Å²) in [5.41, 5.74) is 0.850. The van der Waals surface area contributed by atoms with E-state index >= 15 is 0 Å². The van der Waals surface area contributed by atoms with Crippen LogP contribution in [0.2, 0.25) is 0 Å². The summed E-state index contributed by atoms with van der Waals surface area (Å²) < 4.78 is 22.1. The van der Waals surface area contributed by atoms with Gasteiger partial charge in [0.1, 0.15) is 35.1 Å². The van der Waals surface area contributed by atoms with E-state index in [0.717, 1.165) is 0 Å². The first kappa shape index (κ1) is 27.4. The first-order valence-corrected chi connectivity index (χ1v) is 12.4. The highest BCUT2D eigenvalue weighted by Gasteiger charge is 2.21. The van der Waals surface area contributed by atoms with Gasteiger partial charge in [-0.1, -0.05) is 60.7 Å². The largest absolute Gasteiger partial charge is 0.457 e. The van der Waals surface area contributed by atoms with Gasteiger partial charge in [-0.2, -0.15) is 10.5 Å².